The summed E-state index contributed by atoms with van der Waals surface area (Å²) in [4.78, 5) is 9.47. The summed E-state index contributed by atoms with van der Waals surface area (Å²) in [5, 5.41) is 7.12. The van der Waals surface area contributed by atoms with Crippen molar-refractivity contribution in [3.8, 4) is 17.1 Å². The van der Waals surface area contributed by atoms with Crippen molar-refractivity contribution in [2.75, 3.05) is 12.4 Å². The Morgan fingerprint density at radius 1 is 1.13 bits per heavy atom. The van der Waals surface area contributed by atoms with E-state index in [1.807, 2.05) is 20.9 Å². The number of hydrogen-bond donors (Lipinski definition) is 1. The fourth-order valence-electron chi connectivity index (χ4n) is 2.58. The van der Waals surface area contributed by atoms with Crippen molar-refractivity contribution in [3.05, 3.63) is 17.1 Å². The molecule has 2 heterocycles. The minimum Gasteiger partial charge on any atom is -0.472 e. The molecule has 0 aliphatic heterocycles. The number of nitrogens with one attached hydrogen (secondary N) is 1. The van der Waals surface area contributed by atoms with Crippen molar-refractivity contribution >= 4 is 5.82 Å². The molecule has 0 aliphatic rings. The molecule has 1 N–H and O–H groups in total. The summed E-state index contributed by atoms with van der Waals surface area (Å²) in [7, 11) is 1.83. The molecule has 0 radical (unpaired) electrons. The smallest absolute Gasteiger partial charge is 0.257 e. The van der Waals surface area contributed by atoms with Crippen LogP contribution in [0.3, 0.4) is 0 Å². The van der Waals surface area contributed by atoms with Crippen LogP contribution in [-0.2, 0) is 6.42 Å². The van der Waals surface area contributed by atoms with Crippen LogP contribution in [0.4, 0.5) is 5.82 Å². The van der Waals surface area contributed by atoms with Crippen molar-refractivity contribution in [2.45, 2.75) is 60.0 Å². The molecule has 2 aromatic rings. The molecule has 0 amide bonds. The van der Waals surface area contributed by atoms with E-state index in [1.54, 1.807) is 0 Å². The molecule has 0 aromatic carbocycles. The fourth-order valence-corrected chi connectivity index (χ4v) is 2.58. The molecular formula is C17H26N4O2. The van der Waals surface area contributed by atoms with Gasteiger partial charge in [0.25, 0.3) is 5.88 Å². The Kier molecular flexibility index (Phi) is 5.58. The summed E-state index contributed by atoms with van der Waals surface area (Å²) in [5.41, 5.74) is 3.44. The third-order valence-electron chi connectivity index (χ3n) is 3.97. The summed E-state index contributed by atoms with van der Waals surface area (Å²) in [6.07, 6.45) is 2.78. The van der Waals surface area contributed by atoms with Crippen LogP contribution in [0.1, 0.15) is 50.8 Å². The summed E-state index contributed by atoms with van der Waals surface area (Å²) in [6, 6.07) is 0. The third-order valence-corrected chi connectivity index (χ3v) is 3.97. The zero-order chi connectivity index (χ0) is 17.0. The van der Waals surface area contributed by atoms with Crippen molar-refractivity contribution in [1.82, 2.24) is 15.1 Å². The Bertz CT molecular complexity index is 643. The van der Waals surface area contributed by atoms with E-state index >= 15 is 0 Å². The van der Waals surface area contributed by atoms with E-state index in [4.69, 9.17) is 19.2 Å². The van der Waals surface area contributed by atoms with Crippen molar-refractivity contribution in [2.24, 2.45) is 0 Å². The molecule has 126 valence electrons. The molecule has 0 spiro atoms. The van der Waals surface area contributed by atoms with Gasteiger partial charge >= 0.3 is 0 Å². The lowest BCUT2D eigenvalue weighted by Gasteiger charge is -2.18. The highest BCUT2D eigenvalue weighted by atomic mass is 16.5. The second-order valence-electron chi connectivity index (χ2n) is 5.53. The average molecular weight is 318 g/mol. The van der Waals surface area contributed by atoms with Gasteiger partial charge in [-0.2, -0.15) is 0 Å². The van der Waals surface area contributed by atoms with Gasteiger partial charge in [-0.15, -0.1) is 0 Å². The lowest BCUT2D eigenvalue weighted by molar-refractivity contribution is 0.185. The highest BCUT2D eigenvalue weighted by Crippen LogP contribution is 2.32. The lowest BCUT2D eigenvalue weighted by atomic mass is 10.1. The summed E-state index contributed by atoms with van der Waals surface area (Å²) in [6.45, 7) is 10.1. The molecule has 0 fully saturated rings. The SMILES string of the molecule is CCc1nc(OC(CC)CC)c(NC)nc1-c1c(C)noc1C. The average Bonchev–Trinajstić information content (AvgIpc) is 2.90. The molecule has 0 bridgehead atoms. The second kappa shape index (κ2) is 7.44. The number of nitrogens with zero attached hydrogens (tertiary/aromatic N) is 3. The van der Waals surface area contributed by atoms with Crippen molar-refractivity contribution in [3.63, 3.8) is 0 Å². The summed E-state index contributed by atoms with van der Waals surface area (Å²) >= 11 is 0. The first-order valence-electron chi connectivity index (χ1n) is 8.24. The van der Waals surface area contributed by atoms with Crippen LogP contribution in [-0.4, -0.2) is 28.3 Å². The van der Waals surface area contributed by atoms with Crippen molar-refractivity contribution < 1.29 is 9.26 Å². The zero-order valence-corrected chi connectivity index (χ0v) is 14.9. The second-order valence-corrected chi connectivity index (χ2v) is 5.53. The first-order valence-corrected chi connectivity index (χ1v) is 8.24. The largest absolute Gasteiger partial charge is 0.472 e. The lowest BCUT2D eigenvalue weighted by Crippen LogP contribution is -2.17. The molecule has 6 heteroatoms. The van der Waals surface area contributed by atoms with Gasteiger partial charge in [-0.25, -0.2) is 9.97 Å². The van der Waals surface area contributed by atoms with Gasteiger partial charge in [0.2, 0.25) is 0 Å². The van der Waals surface area contributed by atoms with Crippen LogP contribution in [0.15, 0.2) is 4.52 Å². The summed E-state index contributed by atoms with van der Waals surface area (Å²) < 4.78 is 11.3. The van der Waals surface area contributed by atoms with Gasteiger partial charge in [-0.05, 0) is 33.1 Å². The molecular weight excluding hydrogens is 292 g/mol. The topological polar surface area (TPSA) is 73.1 Å². The van der Waals surface area contributed by atoms with Crippen molar-refractivity contribution in [1.29, 1.82) is 0 Å². The first kappa shape index (κ1) is 17.2. The van der Waals surface area contributed by atoms with Crippen LogP contribution in [0.2, 0.25) is 0 Å². The van der Waals surface area contributed by atoms with E-state index in [0.29, 0.717) is 11.7 Å². The zero-order valence-electron chi connectivity index (χ0n) is 14.9. The predicted octanol–water partition coefficient (Wildman–Crippen LogP) is 3.92. The third kappa shape index (κ3) is 3.46. The molecule has 0 unspecified atom stereocenters. The Labute approximate surface area is 137 Å². The number of hydrogen-bond acceptors (Lipinski definition) is 6. The molecule has 2 aromatic heterocycles. The van der Waals surface area contributed by atoms with E-state index in [1.165, 1.54) is 0 Å². The molecule has 0 saturated heterocycles. The van der Waals surface area contributed by atoms with Crippen LogP contribution in [0, 0.1) is 13.8 Å². The highest BCUT2D eigenvalue weighted by molar-refractivity contribution is 5.68. The van der Waals surface area contributed by atoms with Crippen LogP contribution in [0.5, 0.6) is 5.88 Å². The fraction of sp³-hybridized carbons (Fsp3) is 0.588. The Morgan fingerprint density at radius 2 is 1.83 bits per heavy atom. The van der Waals surface area contributed by atoms with Crippen LogP contribution >= 0.6 is 0 Å². The van der Waals surface area contributed by atoms with Gasteiger partial charge in [0, 0.05) is 7.05 Å². The van der Waals surface area contributed by atoms with Crippen LogP contribution in [0.25, 0.3) is 11.3 Å². The van der Waals surface area contributed by atoms with E-state index in [2.05, 4.69) is 31.2 Å². The Morgan fingerprint density at radius 3 is 2.30 bits per heavy atom. The minimum absolute atomic E-state index is 0.144. The Balaban J connectivity index is 2.54. The number of rotatable bonds is 7. The van der Waals surface area contributed by atoms with Gasteiger partial charge in [-0.1, -0.05) is 25.9 Å². The highest BCUT2D eigenvalue weighted by Gasteiger charge is 2.21. The Hall–Kier alpha value is -2.11. The standard InChI is InChI=1S/C17H26N4O2/c1-7-12(8-2)22-17-16(18-6)20-15(13(9-3)19-17)14-10(4)21-23-11(14)5/h12H,7-9H2,1-6H3,(H,18,20). The molecule has 0 aliphatic carbocycles. The number of aromatic nitrogens is 3. The van der Waals surface area contributed by atoms with E-state index in [0.717, 1.165) is 47.7 Å². The normalized spacial score (nSPS) is 11.1. The molecule has 0 saturated carbocycles. The quantitative estimate of drug-likeness (QED) is 0.834. The van der Waals surface area contributed by atoms with Gasteiger partial charge in [0.15, 0.2) is 5.82 Å². The first-order chi connectivity index (χ1) is 11.0. The predicted molar refractivity (Wildman–Crippen MR) is 90.9 cm³/mol. The van der Waals surface area contributed by atoms with E-state index in [9.17, 15) is 0 Å². The number of anilines is 1. The van der Waals surface area contributed by atoms with Gasteiger partial charge < -0.3 is 14.6 Å². The van der Waals surface area contributed by atoms with E-state index in [-0.39, 0.29) is 6.10 Å². The van der Waals surface area contributed by atoms with Gasteiger partial charge in [0.05, 0.1) is 22.6 Å². The number of ether oxygens (including phenoxy) is 1. The van der Waals surface area contributed by atoms with E-state index < -0.39 is 0 Å². The number of aryl methyl sites for hydroxylation is 3. The maximum atomic E-state index is 6.03. The molecule has 6 nitrogen and oxygen atoms in total. The maximum absolute atomic E-state index is 6.03. The molecule has 0 atom stereocenters. The maximum Gasteiger partial charge on any atom is 0.257 e. The van der Waals surface area contributed by atoms with Crippen LogP contribution < -0.4 is 10.1 Å². The van der Waals surface area contributed by atoms with Gasteiger partial charge in [0.1, 0.15) is 11.9 Å². The van der Waals surface area contributed by atoms with Gasteiger partial charge in [-0.3, -0.25) is 0 Å². The minimum atomic E-state index is 0.144. The summed E-state index contributed by atoms with van der Waals surface area (Å²) in [5.74, 6) is 1.96. The monoisotopic (exact) mass is 318 g/mol. The molecule has 23 heavy (non-hydrogen) atoms. The molecule has 2 rings (SSSR count).